The fourth-order valence-corrected chi connectivity index (χ4v) is 5.48. The van der Waals surface area contributed by atoms with E-state index in [1.54, 1.807) is 7.11 Å². The molecule has 6 heteroatoms. The van der Waals surface area contributed by atoms with Gasteiger partial charge in [0.15, 0.2) is 5.41 Å². The topological polar surface area (TPSA) is 109 Å². The summed E-state index contributed by atoms with van der Waals surface area (Å²) in [6.07, 6.45) is 2.07. The van der Waals surface area contributed by atoms with E-state index in [-0.39, 0.29) is 11.6 Å². The second-order valence-corrected chi connectivity index (χ2v) is 8.92. The molecule has 2 aromatic rings. The lowest BCUT2D eigenvalue weighted by atomic mass is 9.54. The molecule has 1 heterocycles. The van der Waals surface area contributed by atoms with Gasteiger partial charge in [-0.2, -0.15) is 15.8 Å². The first kappa shape index (κ1) is 21.6. The highest BCUT2D eigenvalue weighted by molar-refractivity contribution is 6.02. The molecule has 160 valence electrons. The summed E-state index contributed by atoms with van der Waals surface area (Å²) < 4.78 is 5.55. The third-order valence-corrected chi connectivity index (χ3v) is 7.20. The standard InChI is InChI=1S/C26H25N5O/c1-16(2)31-11-10-18-21(12-27)25(30)26(14-28,15-29)24(22(18)13-31)20-8-9-23(32-3)19-7-5-4-6-17(19)20/h4-10,16,21-22,24,30H,11,13H2,1-3H3/p+1/t21?,22-,24+/m1/s1. The monoisotopic (exact) mass is 424 g/mol. The van der Waals surface area contributed by atoms with Crippen LogP contribution in [0.5, 0.6) is 5.75 Å². The Morgan fingerprint density at radius 3 is 2.38 bits per heavy atom. The third kappa shape index (κ3) is 2.98. The number of benzene rings is 2. The molecule has 1 fully saturated rings. The van der Waals surface area contributed by atoms with Gasteiger partial charge in [-0.25, -0.2) is 0 Å². The summed E-state index contributed by atoms with van der Waals surface area (Å²) in [6.45, 7) is 5.79. The van der Waals surface area contributed by atoms with Crippen LogP contribution in [0.25, 0.3) is 10.8 Å². The van der Waals surface area contributed by atoms with Crippen LogP contribution in [0.2, 0.25) is 0 Å². The van der Waals surface area contributed by atoms with Crippen molar-refractivity contribution in [1.29, 1.82) is 21.2 Å². The fourth-order valence-electron chi connectivity index (χ4n) is 5.48. The van der Waals surface area contributed by atoms with Crippen molar-refractivity contribution in [3.8, 4) is 24.0 Å². The van der Waals surface area contributed by atoms with Gasteiger partial charge in [-0.15, -0.1) is 0 Å². The Morgan fingerprint density at radius 1 is 1.09 bits per heavy atom. The van der Waals surface area contributed by atoms with Crippen molar-refractivity contribution in [2.24, 2.45) is 17.3 Å². The number of rotatable bonds is 3. The Bertz CT molecular complexity index is 1230. The molecule has 2 aliphatic rings. The number of nitrogens with zero attached hydrogens (tertiary/aromatic N) is 3. The van der Waals surface area contributed by atoms with Gasteiger partial charge in [0.25, 0.3) is 0 Å². The van der Waals surface area contributed by atoms with E-state index in [0.29, 0.717) is 12.6 Å². The van der Waals surface area contributed by atoms with Gasteiger partial charge in [0, 0.05) is 17.2 Å². The van der Waals surface area contributed by atoms with E-state index >= 15 is 0 Å². The minimum atomic E-state index is -1.71. The third-order valence-electron chi connectivity index (χ3n) is 7.20. The summed E-state index contributed by atoms with van der Waals surface area (Å²) in [4.78, 5) is 1.34. The highest BCUT2D eigenvalue weighted by Crippen LogP contribution is 2.54. The molecule has 2 aromatic carbocycles. The van der Waals surface area contributed by atoms with E-state index in [4.69, 9.17) is 10.1 Å². The minimum absolute atomic E-state index is 0.106. The average Bonchev–Trinajstić information content (AvgIpc) is 2.82. The normalized spacial score (nSPS) is 26.4. The predicted octanol–water partition coefficient (Wildman–Crippen LogP) is 2.99. The minimum Gasteiger partial charge on any atom is -0.496 e. The molecule has 2 unspecified atom stereocenters. The summed E-state index contributed by atoms with van der Waals surface area (Å²) in [5.41, 5.74) is -0.0796. The molecule has 2 N–H and O–H groups in total. The number of nitrogens with one attached hydrogen (secondary N) is 2. The van der Waals surface area contributed by atoms with Crippen LogP contribution in [0.3, 0.4) is 0 Å². The maximum atomic E-state index is 10.3. The average molecular weight is 425 g/mol. The van der Waals surface area contributed by atoms with Crippen LogP contribution in [0.4, 0.5) is 0 Å². The Hall–Kier alpha value is -3.66. The first-order valence-electron chi connectivity index (χ1n) is 10.8. The maximum absolute atomic E-state index is 10.3. The molecule has 0 spiro atoms. The molecule has 1 aliphatic carbocycles. The van der Waals surface area contributed by atoms with E-state index in [9.17, 15) is 15.8 Å². The van der Waals surface area contributed by atoms with E-state index < -0.39 is 17.3 Å². The van der Waals surface area contributed by atoms with Crippen molar-refractivity contribution in [3.63, 3.8) is 0 Å². The summed E-state index contributed by atoms with van der Waals surface area (Å²) in [7, 11) is 1.62. The van der Waals surface area contributed by atoms with E-state index in [0.717, 1.165) is 34.2 Å². The lowest BCUT2D eigenvalue weighted by Gasteiger charge is -2.47. The first-order valence-corrected chi connectivity index (χ1v) is 10.8. The van der Waals surface area contributed by atoms with Crippen LogP contribution in [0.1, 0.15) is 25.3 Å². The number of nitriles is 3. The quantitative estimate of drug-likeness (QED) is 0.738. The molecule has 0 aromatic heterocycles. The van der Waals surface area contributed by atoms with Crippen molar-refractivity contribution in [2.75, 3.05) is 20.2 Å². The van der Waals surface area contributed by atoms with E-state index in [2.05, 4.69) is 38.1 Å². The molecule has 0 bridgehead atoms. The molecule has 0 radical (unpaired) electrons. The molecule has 4 atom stereocenters. The highest BCUT2D eigenvalue weighted by atomic mass is 16.5. The lowest BCUT2D eigenvalue weighted by molar-refractivity contribution is -0.920. The number of fused-ring (bicyclic) bond motifs is 2. The molecule has 6 nitrogen and oxygen atoms in total. The van der Waals surface area contributed by atoms with Crippen LogP contribution in [-0.2, 0) is 0 Å². The molecular weight excluding hydrogens is 398 g/mol. The fraction of sp³-hybridized carbons (Fsp3) is 0.385. The van der Waals surface area contributed by atoms with Gasteiger partial charge in [-0.3, -0.25) is 0 Å². The smallest absolute Gasteiger partial charge is 0.189 e. The zero-order valence-corrected chi connectivity index (χ0v) is 18.5. The maximum Gasteiger partial charge on any atom is 0.189 e. The van der Waals surface area contributed by atoms with Gasteiger partial charge in [0.05, 0.1) is 50.2 Å². The van der Waals surface area contributed by atoms with Gasteiger partial charge in [0.2, 0.25) is 0 Å². The van der Waals surface area contributed by atoms with Gasteiger partial charge < -0.3 is 15.0 Å². The van der Waals surface area contributed by atoms with Crippen molar-refractivity contribution < 1.29 is 9.64 Å². The molecule has 32 heavy (non-hydrogen) atoms. The first-order chi connectivity index (χ1) is 15.4. The van der Waals surface area contributed by atoms with Crippen molar-refractivity contribution in [3.05, 3.63) is 53.6 Å². The summed E-state index contributed by atoms with van der Waals surface area (Å²) in [5.74, 6) is -0.853. The van der Waals surface area contributed by atoms with Gasteiger partial charge in [-0.05, 0) is 42.5 Å². The molecule has 4 rings (SSSR count). The van der Waals surface area contributed by atoms with Gasteiger partial charge in [-0.1, -0.05) is 30.3 Å². The van der Waals surface area contributed by atoms with Gasteiger partial charge >= 0.3 is 0 Å². The zero-order chi connectivity index (χ0) is 23.0. The largest absolute Gasteiger partial charge is 0.496 e. The molecule has 1 saturated carbocycles. The molecule has 0 saturated heterocycles. The van der Waals surface area contributed by atoms with E-state index in [1.807, 2.05) is 36.4 Å². The van der Waals surface area contributed by atoms with Gasteiger partial charge in [0.1, 0.15) is 11.7 Å². The van der Waals surface area contributed by atoms with Crippen LogP contribution >= 0.6 is 0 Å². The van der Waals surface area contributed by atoms with Crippen molar-refractivity contribution in [2.45, 2.75) is 25.8 Å². The number of quaternary nitrogens is 1. The van der Waals surface area contributed by atoms with Crippen LogP contribution < -0.4 is 9.64 Å². The Kier molecular flexibility index (Phi) is 5.47. The van der Waals surface area contributed by atoms with Crippen LogP contribution in [0.15, 0.2) is 48.0 Å². The second-order valence-electron chi connectivity index (χ2n) is 8.92. The Labute approximate surface area is 188 Å². The second kappa shape index (κ2) is 8.12. The Balaban J connectivity index is 2.03. The number of hydrogen-bond donors (Lipinski definition) is 2. The molecule has 1 aliphatic heterocycles. The van der Waals surface area contributed by atoms with Crippen molar-refractivity contribution in [1.82, 2.24) is 0 Å². The lowest BCUT2D eigenvalue weighted by Crippen LogP contribution is -3.16. The summed E-state index contributed by atoms with van der Waals surface area (Å²) in [6, 6.07) is 18.6. The summed E-state index contributed by atoms with van der Waals surface area (Å²) in [5, 5.41) is 41.2. The predicted molar refractivity (Wildman–Crippen MR) is 121 cm³/mol. The SMILES string of the molecule is COc1ccc([C@H]2[C@@H]3C[NH+](C(C)C)CC=C3C(C#N)C(=N)C2(C#N)C#N)c2ccccc12. The summed E-state index contributed by atoms with van der Waals surface area (Å²) >= 11 is 0. The number of hydrogen-bond acceptors (Lipinski definition) is 5. The molecular formula is C26H26N5O+. The van der Waals surface area contributed by atoms with Crippen LogP contribution in [0, 0.1) is 56.7 Å². The zero-order valence-electron chi connectivity index (χ0n) is 18.5. The number of ether oxygens (including phenoxy) is 1. The van der Waals surface area contributed by atoms with Crippen molar-refractivity contribution >= 4 is 16.5 Å². The number of methoxy groups -OCH3 is 1. The Morgan fingerprint density at radius 2 is 1.78 bits per heavy atom. The van der Waals surface area contributed by atoms with E-state index in [1.165, 1.54) is 4.90 Å². The molecule has 0 amide bonds. The highest BCUT2D eigenvalue weighted by Gasteiger charge is 2.59. The van der Waals surface area contributed by atoms with Crippen LogP contribution in [-0.4, -0.2) is 32.0 Å².